The molecular formula is C21H30N5O12P. The van der Waals surface area contributed by atoms with E-state index in [0.717, 1.165) is 9.13 Å². The Morgan fingerprint density at radius 1 is 1.13 bits per heavy atom. The van der Waals surface area contributed by atoms with Crippen molar-refractivity contribution in [3.63, 3.8) is 0 Å². The van der Waals surface area contributed by atoms with Gasteiger partial charge in [-0.3, -0.25) is 28.0 Å². The first-order valence-corrected chi connectivity index (χ1v) is 13.4. The third-order valence-electron chi connectivity index (χ3n) is 6.47. The second-order valence-corrected chi connectivity index (χ2v) is 10.6. The summed E-state index contributed by atoms with van der Waals surface area (Å²) in [7, 11) is -3.28. The molecule has 17 nitrogen and oxygen atoms in total. The number of hydrogen-bond donors (Lipinski definition) is 6. The summed E-state index contributed by atoms with van der Waals surface area (Å²) in [6, 6.07) is 0. The zero-order valence-electron chi connectivity index (χ0n) is 21.2. The average molecular weight is 575 g/mol. The van der Waals surface area contributed by atoms with Gasteiger partial charge in [0.1, 0.15) is 42.6 Å². The molecule has 8 atom stereocenters. The molecule has 0 saturated carbocycles. The molecule has 1 unspecified atom stereocenters. The maximum atomic E-state index is 12.7. The van der Waals surface area contributed by atoms with E-state index >= 15 is 0 Å². The van der Waals surface area contributed by atoms with E-state index in [2.05, 4.69) is 15.3 Å². The van der Waals surface area contributed by atoms with Crippen LogP contribution in [0.2, 0.25) is 0 Å². The molecular weight excluding hydrogens is 545 g/mol. The number of ether oxygens (including phenoxy) is 2. The van der Waals surface area contributed by atoms with Crippen LogP contribution in [0.3, 0.4) is 0 Å². The van der Waals surface area contributed by atoms with Crippen LogP contribution in [0.15, 0.2) is 26.8 Å². The van der Waals surface area contributed by atoms with Gasteiger partial charge in [-0.15, -0.1) is 0 Å². The number of nitrogens with one attached hydrogen (secondary N) is 2. The van der Waals surface area contributed by atoms with Crippen molar-refractivity contribution in [3.05, 3.63) is 54.8 Å². The molecule has 2 fully saturated rings. The van der Waals surface area contributed by atoms with Gasteiger partial charge in [0.15, 0.2) is 6.23 Å². The summed E-state index contributed by atoms with van der Waals surface area (Å²) < 4.78 is 36.1. The number of nitrogens with zero attached hydrogens (tertiary/aromatic N) is 3. The Balaban J connectivity index is 1.41. The Labute approximate surface area is 220 Å². The first kappa shape index (κ1) is 29.3. The third kappa shape index (κ3) is 6.06. The predicted molar refractivity (Wildman–Crippen MR) is 131 cm³/mol. The van der Waals surface area contributed by atoms with E-state index in [-0.39, 0.29) is 12.0 Å². The Bertz CT molecular complexity index is 1430. The fourth-order valence-electron chi connectivity index (χ4n) is 4.41. The highest BCUT2D eigenvalue weighted by Gasteiger charge is 2.46. The summed E-state index contributed by atoms with van der Waals surface area (Å²) in [5.41, 5.74) is -1.33. The van der Waals surface area contributed by atoms with Gasteiger partial charge in [-0.05, 0) is 13.8 Å². The number of aliphatic hydroxyl groups is 3. The number of phosphoric ester groups is 1. The molecule has 18 heteroatoms. The minimum absolute atomic E-state index is 0.147. The molecule has 0 aliphatic carbocycles. The van der Waals surface area contributed by atoms with Gasteiger partial charge in [0.25, 0.3) is 5.56 Å². The van der Waals surface area contributed by atoms with E-state index in [1.807, 2.05) is 0 Å². The first-order valence-electron chi connectivity index (χ1n) is 11.9. The molecule has 2 aliphatic heterocycles. The normalized spacial score (nSPS) is 30.4. The number of aryl methyl sites for hydroxylation is 2. The summed E-state index contributed by atoms with van der Waals surface area (Å²) >= 11 is 0. The van der Waals surface area contributed by atoms with Crippen molar-refractivity contribution in [1.29, 1.82) is 0 Å². The molecule has 0 aromatic carbocycles. The summed E-state index contributed by atoms with van der Waals surface area (Å²) in [6.07, 6.45) is -6.68. The van der Waals surface area contributed by atoms with Crippen molar-refractivity contribution in [2.24, 2.45) is 0 Å². The zero-order valence-corrected chi connectivity index (χ0v) is 22.1. The van der Waals surface area contributed by atoms with Gasteiger partial charge in [0, 0.05) is 37.0 Å². The molecule has 0 radical (unpaired) electrons. The minimum Gasteiger partial charge on any atom is -0.394 e. The monoisotopic (exact) mass is 575 g/mol. The van der Waals surface area contributed by atoms with Crippen molar-refractivity contribution in [3.8, 4) is 0 Å². The van der Waals surface area contributed by atoms with E-state index in [1.54, 1.807) is 14.0 Å². The van der Waals surface area contributed by atoms with Gasteiger partial charge >= 0.3 is 19.2 Å². The number of H-pyrrole nitrogens is 1. The number of rotatable bonds is 9. The highest BCUT2D eigenvalue weighted by molar-refractivity contribution is 7.47. The minimum atomic E-state index is -4.86. The van der Waals surface area contributed by atoms with Crippen LogP contribution in [0.5, 0.6) is 0 Å². The van der Waals surface area contributed by atoms with Crippen molar-refractivity contribution < 1.29 is 43.3 Å². The first-order chi connectivity index (χ1) is 18.3. The highest BCUT2D eigenvalue weighted by Crippen LogP contribution is 2.49. The maximum Gasteiger partial charge on any atom is 0.472 e. The zero-order chi connectivity index (χ0) is 28.6. The Hall–Kier alpha value is -2.73. The number of anilines is 1. The lowest BCUT2D eigenvalue weighted by atomic mass is 10.1. The van der Waals surface area contributed by atoms with Crippen LogP contribution in [-0.4, -0.2) is 90.1 Å². The molecule has 216 valence electrons. The molecule has 6 N–H and O–H groups in total. The van der Waals surface area contributed by atoms with Crippen LogP contribution >= 0.6 is 7.82 Å². The number of aliphatic hydroxyl groups excluding tert-OH is 3. The van der Waals surface area contributed by atoms with Crippen molar-refractivity contribution >= 4 is 13.6 Å². The van der Waals surface area contributed by atoms with Crippen molar-refractivity contribution in [2.45, 2.75) is 63.2 Å². The number of phosphoric acid groups is 1. The Morgan fingerprint density at radius 3 is 2.49 bits per heavy atom. The van der Waals surface area contributed by atoms with E-state index in [9.17, 15) is 39.2 Å². The molecule has 2 saturated heterocycles. The molecule has 0 amide bonds. The standard InChI is InChI=1S/C21H30N5O12P/c1-9-5-26(20(31)23-17(9)22-3)19-16(29)15(28)13(37-19)8-35-39(33,34)38-11-4-14(36-12(11)7-27)25-6-10(2)18(30)24-21(25)32/h5-6,11-16,19,27-29H,4,7-8H2,1-3H3,(H,33,34)(H,22,23,31)(H,24,30,32)/t11-,12+,13+,14+,15+,16+,19+/m0/s1. The fourth-order valence-corrected chi connectivity index (χ4v) is 5.37. The topological polar surface area (TPSA) is 237 Å². The van der Waals surface area contributed by atoms with Gasteiger partial charge in [-0.2, -0.15) is 4.98 Å². The molecule has 4 heterocycles. The SMILES string of the molecule is CNc1nc(=O)n([C@@H]2O[C@H](COP(=O)(O)O[C@H]3C[C@H](n4cc(C)c(=O)[nH]c4=O)O[C@@H]3CO)[C@@H](O)[C@H]2O)cc1C. The summed E-state index contributed by atoms with van der Waals surface area (Å²) in [5, 5.41) is 33.3. The van der Waals surface area contributed by atoms with E-state index in [0.29, 0.717) is 11.4 Å². The van der Waals surface area contributed by atoms with Gasteiger partial charge in [0.05, 0.1) is 13.2 Å². The molecule has 0 bridgehead atoms. The summed E-state index contributed by atoms with van der Waals surface area (Å²) in [6.45, 7) is 1.81. The van der Waals surface area contributed by atoms with Gasteiger partial charge < -0.3 is 35.0 Å². The van der Waals surface area contributed by atoms with E-state index in [4.69, 9.17) is 18.5 Å². The fraction of sp³-hybridized carbons (Fsp3) is 0.619. The average Bonchev–Trinajstić information content (AvgIpc) is 3.40. The number of aromatic amines is 1. The van der Waals surface area contributed by atoms with Crippen LogP contribution in [0, 0.1) is 13.8 Å². The van der Waals surface area contributed by atoms with Crippen LogP contribution in [0.4, 0.5) is 5.82 Å². The molecule has 2 aliphatic rings. The smallest absolute Gasteiger partial charge is 0.394 e. The van der Waals surface area contributed by atoms with Crippen molar-refractivity contribution in [1.82, 2.24) is 19.1 Å². The second-order valence-electron chi connectivity index (χ2n) is 9.19. The Kier molecular flexibility index (Phi) is 8.55. The molecule has 2 aromatic heterocycles. The lowest BCUT2D eigenvalue weighted by Crippen LogP contribution is -2.36. The molecule has 2 aromatic rings. The van der Waals surface area contributed by atoms with Crippen LogP contribution in [0.1, 0.15) is 30.0 Å². The molecule has 0 spiro atoms. The number of aromatic nitrogens is 4. The van der Waals surface area contributed by atoms with Gasteiger partial charge in [-0.25, -0.2) is 14.2 Å². The highest BCUT2D eigenvalue weighted by atomic mass is 31.2. The maximum absolute atomic E-state index is 12.7. The number of hydrogen-bond acceptors (Lipinski definition) is 13. The second kappa shape index (κ2) is 11.4. The third-order valence-corrected chi connectivity index (χ3v) is 7.48. The van der Waals surface area contributed by atoms with Crippen LogP contribution in [0.25, 0.3) is 0 Å². The van der Waals surface area contributed by atoms with Crippen LogP contribution in [-0.2, 0) is 23.1 Å². The summed E-state index contributed by atoms with van der Waals surface area (Å²) in [4.78, 5) is 52.5. The Morgan fingerprint density at radius 2 is 1.82 bits per heavy atom. The lowest BCUT2D eigenvalue weighted by molar-refractivity contribution is -0.0614. The van der Waals surface area contributed by atoms with Crippen molar-refractivity contribution in [2.75, 3.05) is 25.6 Å². The lowest BCUT2D eigenvalue weighted by Gasteiger charge is -2.21. The van der Waals surface area contributed by atoms with Gasteiger partial charge in [0.2, 0.25) is 0 Å². The largest absolute Gasteiger partial charge is 0.472 e. The van der Waals surface area contributed by atoms with E-state index in [1.165, 1.54) is 19.3 Å². The quantitative estimate of drug-likeness (QED) is 0.175. The molecule has 4 rings (SSSR count). The van der Waals surface area contributed by atoms with Gasteiger partial charge in [-0.1, -0.05) is 0 Å². The van der Waals surface area contributed by atoms with E-state index < -0.39 is 81.0 Å². The summed E-state index contributed by atoms with van der Waals surface area (Å²) in [5.74, 6) is 0.322. The molecule has 39 heavy (non-hydrogen) atoms. The van der Waals surface area contributed by atoms with Crippen LogP contribution < -0.4 is 22.3 Å². The predicted octanol–water partition coefficient (Wildman–Crippen LogP) is -2.15.